The molecule has 2 rings (SSSR count). The van der Waals surface area contributed by atoms with Gasteiger partial charge in [0.2, 0.25) is 5.91 Å². The number of rotatable bonds is 3. The van der Waals surface area contributed by atoms with Crippen LogP contribution in [0.15, 0.2) is 18.2 Å². The van der Waals surface area contributed by atoms with Crippen LogP contribution in [0.4, 0.5) is 5.69 Å². The van der Waals surface area contributed by atoms with Crippen LogP contribution >= 0.6 is 24.0 Å². The van der Waals surface area contributed by atoms with Crippen LogP contribution in [-0.4, -0.2) is 34.0 Å². The number of thioether (sulfide) groups is 1. The van der Waals surface area contributed by atoms with Crippen molar-refractivity contribution in [2.24, 2.45) is 0 Å². The third-order valence-corrected chi connectivity index (χ3v) is 5.46. The Labute approximate surface area is 142 Å². The summed E-state index contributed by atoms with van der Waals surface area (Å²) in [4.78, 5) is 14.4. The second kappa shape index (κ2) is 8.53. The number of nitrogens with one attached hydrogen (secondary N) is 1. The van der Waals surface area contributed by atoms with Crippen LogP contribution in [0.1, 0.15) is 36.8 Å². The van der Waals surface area contributed by atoms with Crippen LogP contribution in [0.3, 0.4) is 0 Å². The Balaban J connectivity index is 1.83. The van der Waals surface area contributed by atoms with E-state index in [2.05, 4.69) is 10.2 Å². The number of carbonyl (C=O) groups excluding carboxylic acids is 1. The molecule has 0 spiro atoms. The summed E-state index contributed by atoms with van der Waals surface area (Å²) >= 11 is 6.95. The van der Waals surface area contributed by atoms with Gasteiger partial charge in [0.05, 0.1) is 5.75 Å². The van der Waals surface area contributed by atoms with Crippen LogP contribution < -0.4 is 5.32 Å². The number of likely N-dealkylation sites (tertiary alicyclic amines) is 1. The van der Waals surface area contributed by atoms with E-state index in [1.165, 1.54) is 37.4 Å². The van der Waals surface area contributed by atoms with Crippen LogP contribution in [0.2, 0.25) is 0 Å². The lowest BCUT2D eigenvalue weighted by Gasteiger charge is -2.22. The molecule has 0 unspecified atom stereocenters. The van der Waals surface area contributed by atoms with E-state index in [-0.39, 0.29) is 5.91 Å². The Morgan fingerprint density at radius 3 is 2.36 bits per heavy atom. The van der Waals surface area contributed by atoms with Crippen molar-refractivity contribution in [3.8, 4) is 0 Å². The van der Waals surface area contributed by atoms with Gasteiger partial charge in [0.15, 0.2) is 0 Å². The quantitative estimate of drug-likeness (QED) is 0.841. The van der Waals surface area contributed by atoms with Crippen molar-refractivity contribution in [1.82, 2.24) is 4.90 Å². The van der Waals surface area contributed by atoms with E-state index in [1.807, 2.05) is 32.0 Å². The van der Waals surface area contributed by atoms with Crippen LogP contribution in [0.5, 0.6) is 0 Å². The van der Waals surface area contributed by atoms with Crippen LogP contribution in [-0.2, 0) is 4.79 Å². The van der Waals surface area contributed by atoms with E-state index in [0.29, 0.717) is 5.75 Å². The summed E-state index contributed by atoms with van der Waals surface area (Å²) in [6.07, 6.45) is 4.98. The molecule has 120 valence electrons. The van der Waals surface area contributed by atoms with Gasteiger partial charge < -0.3 is 10.2 Å². The number of carbonyl (C=O) groups is 1. The van der Waals surface area contributed by atoms with Gasteiger partial charge in [0.1, 0.15) is 4.32 Å². The van der Waals surface area contributed by atoms with Crippen molar-refractivity contribution in [2.45, 2.75) is 39.5 Å². The molecule has 3 nitrogen and oxygen atoms in total. The first-order valence-electron chi connectivity index (χ1n) is 7.85. The van der Waals surface area contributed by atoms with Gasteiger partial charge in [0.25, 0.3) is 0 Å². The minimum Gasteiger partial charge on any atom is -0.358 e. The molecule has 0 bridgehead atoms. The Morgan fingerprint density at radius 1 is 1.18 bits per heavy atom. The number of thiocarbonyl (C=S) groups is 1. The lowest BCUT2D eigenvalue weighted by molar-refractivity contribution is -0.113. The number of aryl methyl sites for hydroxylation is 2. The second-order valence-corrected chi connectivity index (χ2v) is 7.38. The van der Waals surface area contributed by atoms with Gasteiger partial charge in [-0.25, -0.2) is 0 Å². The number of para-hydroxylation sites is 1. The molecule has 1 saturated heterocycles. The van der Waals surface area contributed by atoms with E-state index >= 15 is 0 Å². The first-order chi connectivity index (χ1) is 10.6. The minimum absolute atomic E-state index is 0.0135. The second-order valence-electron chi connectivity index (χ2n) is 5.77. The first kappa shape index (κ1) is 17.3. The molecule has 5 heteroatoms. The Hall–Kier alpha value is -1.07. The number of hydrogen-bond acceptors (Lipinski definition) is 3. The SMILES string of the molecule is Cc1cccc(C)c1NC(=O)CSC(=S)N1CCCCCC1. The van der Waals surface area contributed by atoms with Gasteiger partial charge in [-0.2, -0.15) is 0 Å². The molecule has 1 heterocycles. The maximum absolute atomic E-state index is 12.2. The van der Waals surface area contributed by atoms with Gasteiger partial charge >= 0.3 is 0 Å². The largest absolute Gasteiger partial charge is 0.358 e. The fraction of sp³-hybridized carbons (Fsp3) is 0.529. The number of nitrogens with zero attached hydrogens (tertiary/aromatic N) is 1. The predicted molar refractivity (Wildman–Crippen MR) is 99.6 cm³/mol. The molecule has 1 amide bonds. The minimum atomic E-state index is 0.0135. The zero-order chi connectivity index (χ0) is 15.9. The zero-order valence-corrected chi connectivity index (χ0v) is 15.0. The molecule has 1 fully saturated rings. The average Bonchev–Trinajstić information content (AvgIpc) is 2.78. The van der Waals surface area contributed by atoms with Crippen molar-refractivity contribution in [3.63, 3.8) is 0 Å². The molecule has 0 atom stereocenters. The molecule has 22 heavy (non-hydrogen) atoms. The lowest BCUT2D eigenvalue weighted by atomic mass is 10.1. The molecule has 0 aromatic heterocycles. The summed E-state index contributed by atoms with van der Waals surface area (Å²) in [7, 11) is 0. The van der Waals surface area contributed by atoms with E-state index in [9.17, 15) is 4.79 Å². The molecular formula is C17H24N2OS2. The van der Waals surface area contributed by atoms with Crippen LogP contribution in [0, 0.1) is 13.8 Å². The smallest absolute Gasteiger partial charge is 0.234 e. The van der Waals surface area contributed by atoms with Gasteiger partial charge in [-0.05, 0) is 37.8 Å². The van der Waals surface area contributed by atoms with Crippen molar-refractivity contribution in [3.05, 3.63) is 29.3 Å². The summed E-state index contributed by atoms with van der Waals surface area (Å²) < 4.78 is 0.860. The number of amides is 1. The summed E-state index contributed by atoms with van der Waals surface area (Å²) in [5, 5.41) is 3.01. The van der Waals surface area contributed by atoms with Crippen molar-refractivity contribution in [1.29, 1.82) is 0 Å². The van der Waals surface area contributed by atoms with E-state index in [4.69, 9.17) is 12.2 Å². The Morgan fingerprint density at radius 2 is 1.77 bits per heavy atom. The number of hydrogen-bond donors (Lipinski definition) is 1. The number of anilines is 1. The highest BCUT2D eigenvalue weighted by Gasteiger charge is 2.14. The summed E-state index contributed by atoms with van der Waals surface area (Å²) in [6, 6.07) is 6.03. The van der Waals surface area contributed by atoms with Crippen LogP contribution in [0.25, 0.3) is 0 Å². The Bertz CT molecular complexity index is 517. The average molecular weight is 337 g/mol. The fourth-order valence-electron chi connectivity index (χ4n) is 2.66. The monoisotopic (exact) mass is 336 g/mol. The predicted octanol–water partition coefficient (Wildman–Crippen LogP) is 4.14. The van der Waals surface area contributed by atoms with Crippen molar-refractivity contribution >= 4 is 39.9 Å². The summed E-state index contributed by atoms with van der Waals surface area (Å²) in [5.74, 6) is 0.392. The molecule has 1 aliphatic heterocycles. The third kappa shape index (κ3) is 4.99. The Kier molecular flexibility index (Phi) is 6.70. The molecular weight excluding hydrogens is 312 g/mol. The molecule has 0 radical (unpaired) electrons. The molecule has 0 saturated carbocycles. The molecule has 1 aromatic rings. The summed E-state index contributed by atoms with van der Waals surface area (Å²) in [5.41, 5.74) is 3.11. The summed E-state index contributed by atoms with van der Waals surface area (Å²) in [6.45, 7) is 6.09. The maximum Gasteiger partial charge on any atom is 0.234 e. The highest BCUT2D eigenvalue weighted by Crippen LogP contribution is 2.20. The zero-order valence-electron chi connectivity index (χ0n) is 13.4. The van der Waals surface area contributed by atoms with Gasteiger partial charge in [-0.15, -0.1) is 0 Å². The molecule has 0 aliphatic carbocycles. The lowest BCUT2D eigenvalue weighted by Crippen LogP contribution is -2.29. The van der Waals surface area contributed by atoms with E-state index < -0.39 is 0 Å². The first-order valence-corrected chi connectivity index (χ1v) is 9.25. The number of benzene rings is 1. The topological polar surface area (TPSA) is 32.3 Å². The highest BCUT2D eigenvalue weighted by atomic mass is 32.2. The molecule has 1 aliphatic rings. The van der Waals surface area contributed by atoms with E-state index in [0.717, 1.165) is 34.2 Å². The van der Waals surface area contributed by atoms with Gasteiger partial charge in [-0.1, -0.05) is 55.0 Å². The fourth-order valence-corrected chi connectivity index (χ4v) is 3.71. The standard InChI is InChI=1S/C17H24N2OS2/c1-13-8-7-9-14(2)16(13)18-15(20)12-22-17(21)19-10-5-3-4-6-11-19/h7-9H,3-6,10-12H2,1-2H3,(H,18,20). The molecule has 1 N–H and O–H groups in total. The maximum atomic E-state index is 12.2. The van der Waals surface area contributed by atoms with E-state index in [1.54, 1.807) is 0 Å². The highest BCUT2D eigenvalue weighted by molar-refractivity contribution is 8.23. The normalized spacial score (nSPS) is 15.3. The molecule has 1 aromatic carbocycles. The van der Waals surface area contributed by atoms with Crippen molar-refractivity contribution in [2.75, 3.05) is 24.2 Å². The van der Waals surface area contributed by atoms with Gasteiger partial charge in [0, 0.05) is 18.8 Å². The van der Waals surface area contributed by atoms with Crippen molar-refractivity contribution < 1.29 is 4.79 Å². The third-order valence-electron chi connectivity index (χ3n) is 3.94. The van der Waals surface area contributed by atoms with Gasteiger partial charge in [-0.3, -0.25) is 4.79 Å².